The smallest absolute Gasteiger partial charge is 0.318 e. The summed E-state index contributed by atoms with van der Waals surface area (Å²) < 4.78 is 29.3. The van der Waals surface area contributed by atoms with Gasteiger partial charge >= 0.3 is 6.01 Å². The summed E-state index contributed by atoms with van der Waals surface area (Å²) in [7, 11) is 6.64. The molecule has 0 unspecified atom stereocenters. The number of halogens is 1. The Morgan fingerprint density at radius 3 is 2.45 bits per heavy atom. The molecule has 9 rings (SSSR count). The van der Waals surface area contributed by atoms with Crippen molar-refractivity contribution >= 4 is 56.5 Å². The number of carbonyl (C=O) groups excluding carboxylic acids is 2. The van der Waals surface area contributed by atoms with Crippen LogP contribution in [0.2, 0.25) is 5.02 Å². The normalized spacial score (nSPS) is 17.3. The third-order valence-electron chi connectivity index (χ3n) is 13.2. The molecule has 67 heavy (non-hydrogen) atoms. The molecule has 1 amide bonds. The van der Waals surface area contributed by atoms with E-state index in [9.17, 15) is 14.9 Å². The van der Waals surface area contributed by atoms with Crippen LogP contribution in [0.25, 0.3) is 21.7 Å². The average molecular weight is 925 g/mol. The molecule has 15 nitrogen and oxygen atoms in total. The summed E-state index contributed by atoms with van der Waals surface area (Å²) in [6.45, 7) is 7.81. The largest absolute Gasteiger partial charge is 0.497 e. The molecule has 16 heteroatoms. The minimum Gasteiger partial charge on any atom is -0.497 e. The average Bonchev–Trinajstić information content (AvgIpc) is 3.98. The Hall–Kier alpha value is -7.02. The fraction of sp³-hybridized carbons (Fsp3) is 0.353. The number of ketones is 1. The first-order valence-corrected chi connectivity index (χ1v) is 22.8. The van der Waals surface area contributed by atoms with E-state index in [2.05, 4.69) is 63.6 Å². The number of nitrogens with one attached hydrogen (secondary N) is 1. The van der Waals surface area contributed by atoms with Crippen LogP contribution in [0.1, 0.15) is 46.4 Å². The van der Waals surface area contributed by atoms with Gasteiger partial charge < -0.3 is 48.3 Å². The monoisotopic (exact) mass is 924 g/mol. The number of anilines is 2. The summed E-state index contributed by atoms with van der Waals surface area (Å²) in [5.74, 6) is 1.55. The molecule has 0 radical (unpaired) electrons. The predicted octanol–water partition coefficient (Wildman–Crippen LogP) is 7.62. The maximum atomic E-state index is 14.2. The van der Waals surface area contributed by atoms with Gasteiger partial charge in [-0.1, -0.05) is 42.4 Å². The highest BCUT2D eigenvalue weighted by Crippen LogP contribution is 2.41. The van der Waals surface area contributed by atoms with E-state index in [0.717, 1.165) is 70.4 Å². The maximum Gasteiger partial charge on any atom is 0.318 e. The molecule has 2 atom stereocenters. The number of fused-ring (bicyclic) bond motifs is 3. The summed E-state index contributed by atoms with van der Waals surface area (Å²) in [6.07, 6.45) is 4.59. The zero-order valence-electron chi connectivity index (χ0n) is 38.1. The van der Waals surface area contributed by atoms with Gasteiger partial charge in [-0.25, -0.2) is 0 Å². The number of aromatic nitrogens is 3. The lowest BCUT2D eigenvalue weighted by Crippen LogP contribution is -2.56. The van der Waals surface area contributed by atoms with Crippen molar-refractivity contribution in [3.05, 3.63) is 112 Å². The van der Waals surface area contributed by atoms with Gasteiger partial charge in [-0.2, -0.15) is 15.2 Å². The molecule has 5 heterocycles. The van der Waals surface area contributed by atoms with Crippen molar-refractivity contribution in [2.45, 2.75) is 44.3 Å². The molecular weight excluding hydrogens is 872 g/mol. The first-order chi connectivity index (χ1) is 32.6. The van der Waals surface area contributed by atoms with Crippen LogP contribution in [0.15, 0.2) is 85.1 Å². The standard InChI is InChI=1S/C51H53ClN8O7/c1-31(29-66-48-44(64-4)23-33(24-45(48)65-5)47(61)39-26-54-41-25-36(63-3)14-15-37(39)41)50(62)60-22-21-59(27-34(60)16-18-53)49-38-17-20-58(43-13-7-10-32-9-6-12-40(52)46(32)43)28-42(38)55-51(56-49)67-30-35-11-8-19-57(35)2/h6-7,9-10,12-15,23-26,34-35,54H,1,8,11,16-17,19-22,27-30H2,2-5H3/t34-,35-/m0/s1. The Kier molecular flexibility index (Phi) is 13.1. The topological polar surface area (TPSA) is 159 Å². The first kappa shape index (κ1) is 45.1. The number of methoxy groups -OCH3 is 3. The summed E-state index contributed by atoms with van der Waals surface area (Å²) in [6, 6.07) is 23.2. The number of piperazine rings is 1. The molecule has 1 N–H and O–H groups in total. The number of nitriles is 1. The molecule has 0 bridgehead atoms. The Bertz CT molecular complexity index is 2880. The third-order valence-corrected chi connectivity index (χ3v) is 13.5. The second kappa shape index (κ2) is 19.4. The third kappa shape index (κ3) is 8.99. The second-order valence-electron chi connectivity index (χ2n) is 17.1. The van der Waals surface area contributed by atoms with Gasteiger partial charge in [0.05, 0.1) is 57.1 Å². The molecule has 6 aromatic rings. The number of H-pyrrole nitrogens is 1. The Morgan fingerprint density at radius 1 is 0.925 bits per heavy atom. The number of aromatic amines is 1. The van der Waals surface area contributed by atoms with Gasteiger partial charge in [0.2, 0.25) is 5.75 Å². The molecule has 3 aliphatic heterocycles. The van der Waals surface area contributed by atoms with Gasteiger partial charge in [0.15, 0.2) is 17.3 Å². The molecule has 2 fully saturated rings. The number of ether oxygens (including phenoxy) is 5. The minimum absolute atomic E-state index is 0.0950. The lowest BCUT2D eigenvalue weighted by Gasteiger charge is -2.42. The van der Waals surface area contributed by atoms with Crippen LogP contribution >= 0.6 is 11.6 Å². The minimum atomic E-state index is -0.469. The zero-order chi connectivity index (χ0) is 46.8. The van der Waals surface area contributed by atoms with E-state index in [1.807, 2.05) is 24.3 Å². The fourth-order valence-electron chi connectivity index (χ4n) is 9.57. The van der Waals surface area contributed by atoms with Gasteiger partial charge in [-0.15, -0.1) is 0 Å². The van der Waals surface area contributed by atoms with Gasteiger partial charge in [-0.3, -0.25) is 9.59 Å². The molecule has 0 aliphatic carbocycles. The van der Waals surface area contributed by atoms with Gasteiger partial charge in [0.25, 0.3) is 5.91 Å². The summed E-state index contributed by atoms with van der Waals surface area (Å²) >= 11 is 6.79. The van der Waals surface area contributed by atoms with E-state index in [4.69, 9.17) is 45.3 Å². The van der Waals surface area contributed by atoms with Crippen molar-refractivity contribution in [2.24, 2.45) is 0 Å². The number of rotatable bonds is 15. The van der Waals surface area contributed by atoms with E-state index in [0.29, 0.717) is 67.1 Å². The number of likely N-dealkylation sites (tertiary alicyclic amines) is 1. The van der Waals surface area contributed by atoms with Crippen LogP contribution in [-0.2, 0) is 17.8 Å². The van der Waals surface area contributed by atoms with Crippen molar-refractivity contribution in [3.63, 3.8) is 0 Å². The van der Waals surface area contributed by atoms with Crippen LogP contribution in [0, 0.1) is 11.3 Å². The lowest BCUT2D eigenvalue weighted by atomic mass is 10.0. The van der Waals surface area contributed by atoms with Crippen LogP contribution in [-0.4, -0.2) is 123 Å². The van der Waals surface area contributed by atoms with Crippen LogP contribution in [0.4, 0.5) is 11.5 Å². The Labute approximate surface area is 394 Å². The number of nitrogens with zero attached hydrogens (tertiary/aromatic N) is 7. The number of carbonyl (C=O) groups is 2. The van der Waals surface area contributed by atoms with E-state index >= 15 is 0 Å². The van der Waals surface area contributed by atoms with Gasteiger partial charge in [0.1, 0.15) is 24.8 Å². The highest BCUT2D eigenvalue weighted by atomic mass is 35.5. The Balaban J connectivity index is 0.924. The van der Waals surface area contributed by atoms with E-state index < -0.39 is 6.04 Å². The van der Waals surface area contributed by atoms with Crippen molar-refractivity contribution in [1.29, 1.82) is 5.26 Å². The molecule has 0 saturated carbocycles. The number of hydrogen-bond acceptors (Lipinski definition) is 13. The SMILES string of the molecule is C=C(COc1c(OC)cc(C(=O)c2c[nH]c3cc(OC)ccc23)cc1OC)C(=O)N1CCN(c2nc(OC[C@@H]3CCCN3C)nc3c2CCN(c2cccc4cccc(Cl)c24)C3)C[C@@H]1CC#N. The Morgan fingerprint density at radius 2 is 1.72 bits per heavy atom. The molecule has 2 aromatic heterocycles. The molecule has 2 saturated heterocycles. The van der Waals surface area contributed by atoms with Crippen LogP contribution < -0.4 is 33.5 Å². The quantitative estimate of drug-likeness (QED) is 0.0793. The van der Waals surface area contributed by atoms with Crippen molar-refractivity contribution < 1.29 is 33.3 Å². The summed E-state index contributed by atoms with van der Waals surface area (Å²) in [5, 5.41) is 13.6. The van der Waals surface area contributed by atoms with E-state index in [1.165, 1.54) is 14.2 Å². The van der Waals surface area contributed by atoms with Crippen LogP contribution in [0.5, 0.6) is 29.0 Å². The molecule has 346 valence electrons. The van der Waals surface area contributed by atoms with E-state index in [1.54, 1.807) is 36.4 Å². The number of benzene rings is 4. The van der Waals surface area contributed by atoms with E-state index in [-0.39, 0.29) is 53.6 Å². The molecule has 0 spiro atoms. The summed E-state index contributed by atoms with van der Waals surface area (Å²) in [4.78, 5) is 49.8. The predicted molar refractivity (Wildman–Crippen MR) is 257 cm³/mol. The van der Waals surface area contributed by atoms with Gasteiger partial charge in [0, 0.05) is 88.7 Å². The first-order valence-electron chi connectivity index (χ1n) is 22.4. The molecular formula is C51H53ClN8O7. The van der Waals surface area contributed by atoms with Crippen LogP contribution in [0.3, 0.4) is 0 Å². The van der Waals surface area contributed by atoms with Crippen molar-refractivity contribution in [1.82, 2.24) is 24.8 Å². The number of amides is 1. The zero-order valence-corrected chi connectivity index (χ0v) is 38.9. The molecule has 4 aromatic carbocycles. The number of likely N-dealkylation sites (N-methyl/N-ethyl adjacent to an activating group) is 1. The lowest BCUT2D eigenvalue weighted by molar-refractivity contribution is -0.130. The maximum absolute atomic E-state index is 14.2. The summed E-state index contributed by atoms with van der Waals surface area (Å²) in [5.41, 5.74) is 4.67. The second-order valence-corrected chi connectivity index (χ2v) is 17.5. The molecule has 3 aliphatic rings. The highest BCUT2D eigenvalue weighted by molar-refractivity contribution is 6.36. The fourth-order valence-corrected chi connectivity index (χ4v) is 9.85. The highest BCUT2D eigenvalue weighted by Gasteiger charge is 2.35. The van der Waals surface area contributed by atoms with Gasteiger partial charge in [-0.05, 0) is 74.6 Å². The van der Waals surface area contributed by atoms with Crippen molar-refractivity contribution in [2.75, 3.05) is 84.1 Å². The van der Waals surface area contributed by atoms with Crippen molar-refractivity contribution in [3.8, 4) is 35.1 Å². The number of hydrogen-bond donors (Lipinski definition) is 1.